The van der Waals surface area contributed by atoms with Crippen LogP contribution in [0.2, 0.25) is 0 Å². The van der Waals surface area contributed by atoms with E-state index in [1.807, 2.05) is 0 Å². The van der Waals surface area contributed by atoms with Crippen molar-refractivity contribution in [1.82, 2.24) is 4.98 Å². The van der Waals surface area contributed by atoms with Crippen molar-refractivity contribution in [2.45, 2.75) is 0 Å². The van der Waals surface area contributed by atoms with Crippen molar-refractivity contribution in [2.24, 2.45) is 0 Å². The number of halogens is 1. The lowest BCUT2D eigenvalue weighted by atomic mass is 10.1. The monoisotopic (exact) mass is 377 g/mol. The molecule has 8 nitrogen and oxygen atoms in total. The highest BCUT2D eigenvalue weighted by atomic mass is 32.1. The number of hydrogen-bond donors (Lipinski definition) is 1. The summed E-state index contributed by atoms with van der Waals surface area (Å²) in [7, 11) is 2.69. The number of ether oxygens (including phenoxy) is 2. The zero-order valence-corrected chi connectivity index (χ0v) is 14.4. The molecule has 0 aliphatic carbocycles. The second kappa shape index (κ2) is 6.92. The molecule has 1 aromatic heterocycles. The maximum atomic E-state index is 13.3. The Morgan fingerprint density at radius 3 is 2.58 bits per heavy atom. The fourth-order valence-corrected chi connectivity index (χ4v) is 3.20. The molecule has 0 unspecified atom stereocenters. The van der Waals surface area contributed by atoms with Crippen molar-refractivity contribution in [3.8, 4) is 11.5 Å². The second-order valence-corrected chi connectivity index (χ2v) is 6.10. The van der Waals surface area contributed by atoms with Gasteiger partial charge >= 0.3 is 0 Å². The number of benzene rings is 2. The van der Waals surface area contributed by atoms with Crippen LogP contribution < -0.4 is 14.8 Å². The summed E-state index contributed by atoms with van der Waals surface area (Å²) in [5, 5.41) is 14.0. The van der Waals surface area contributed by atoms with Gasteiger partial charge in [0.15, 0.2) is 16.6 Å². The van der Waals surface area contributed by atoms with Crippen LogP contribution in [0.25, 0.3) is 10.2 Å². The summed E-state index contributed by atoms with van der Waals surface area (Å²) in [4.78, 5) is 27.3. The molecule has 134 valence electrons. The van der Waals surface area contributed by atoms with Crippen molar-refractivity contribution in [3.63, 3.8) is 0 Å². The molecule has 0 fully saturated rings. The molecule has 0 aliphatic heterocycles. The lowest BCUT2D eigenvalue weighted by Crippen LogP contribution is -2.14. The van der Waals surface area contributed by atoms with Crippen LogP contribution in [-0.4, -0.2) is 30.0 Å². The van der Waals surface area contributed by atoms with Crippen molar-refractivity contribution in [3.05, 3.63) is 51.8 Å². The van der Waals surface area contributed by atoms with Gasteiger partial charge in [0.1, 0.15) is 11.4 Å². The zero-order valence-electron chi connectivity index (χ0n) is 13.6. The molecule has 26 heavy (non-hydrogen) atoms. The summed E-state index contributed by atoms with van der Waals surface area (Å²) in [5.41, 5.74) is -0.140. The summed E-state index contributed by atoms with van der Waals surface area (Å²) >= 11 is 1.06. The van der Waals surface area contributed by atoms with Gasteiger partial charge in [-0.1, -0.05) is 11.3 Å². The van der Waals surface area contributed by atoms with Crippen molar-refractivity contribution in [1.29, 1.82) is 0 Å². The minimum atomic E-state index is -0.739. The highest BCUT2D eigenvalue weighted by Crippen LogP contribution is 2.35. The molecular weight excluding hydrogens is 365 g/mol. The third-order valence-corrected chi connectivity index (χ3v) is 4.45. The summed E-state index contributed by atoms with van der Waals surface area (Å²) in [5.74, 6) is -0.854. The van der Waals surface area contributed by atoms with Gasteiger partial charge in [0.25, 0.3) is 11.6 Å². The van der Waals surface area contributed by atoms with E-state index in [1.165, 1.54) is 38.5 Å². The van der Waals surface area contributed by atoms with E-state index < -0.39 is 22.3 Å². The summed E-state index contributed by atoms with van der Waals surface area (Å²) < 4.78 is 23.9. The molecule has 0 atom stereocenters. The van der Waals surface area contributed by atoms with Gasteiger partial charge in [-0.05, 0) is 18.2 Å². The fourth-order valence-electron chi connectivity index (χ4n) is 2.32. The Morgan fingerprint density at radius 2 is 1.92 bits per heavy atom. The second-order valence-electron chi connectivity index (χ2n) is 5.07. The molecule has 0 radical (unpaired) electrons. The van der Waals surface area contributed by atoms with E-state index in [1.54, 1.807) is 0 Å². The Bertz CT molecular complexity index is 1020. The lowest BCUT2D eigenvalue weighted by molar-refractivity contribution is -0.385. The van der Waals surface area contributed by atoms with Crippen molar-refractivity contribution in [2.75, 3.05) is 19.5 Å². The Kier molecular flexibility index (Phi) is 4.67. The molecule has 10 heteroatoms. The van der Waals surface area contributed by atoms with E-state index >= 15 is 0 Å². The first-order chi connectivity index (χ1) is 12.4. The normalized spacial score (nSPS) is 10.6. The Morgan fingerprint density at radius 1 is 1.23 bits per heavy atom. The number of nitro groups is 1. The number of thiazole rings is 1. The minimum absolute atomic E-state index is 0.131. The van der Waals surface area contributed by atoms with E-state index in [4.69, 9.17) is 9.47 Å². The van der Waals surface area contributed by atoms with E-state index in [0.717, 1.165) is 17.4 Å². The molecule has 2 aromatic carbocycles. The molecular formula is C16H12FN3O5S. The van der Waals surface area contributed by atoms with E-state index in [2.05, 4.69) is 10.3 Å². The van der Waals surface area contributed by atoms with Gasteiger partial charge in [0.2, 0.25) is 0 Å². The first-order valence-electron chi connectivity index (χ1n) is 7.20. The number of amides is 1. The Hall–Kier alpha value is -3.27. The first-order valence-corrected chi connectivity index (χ1v) is 8.02. The maximum absolute atomic E-state index is 13.3. The number of carbonyl (C=O) groups is 1. The number of carbonyl (C=O) groups excluding carboxylic acids is 1. The number of anilines is 1. The molecule has 0 bridgehead atoms. The summed E-state index contributed by atoms with van der Waals surface area (Å²) in [6.07, 6.45) is 0. The largest absolute Gasteiger partial charge is 0.493 e. The summed E-state index contributed by atoms with van der Waals surface area (Å²) in [6, 6.07) is 6.37. The SMILES string of the molecule is COc1cc(C(=O)Nc2nc3ccc(F)cc3s2)c([N+](=O)[O-])cc1OC. The number of nitrogens with one attached hydrogen (secondary N) is 1. The average molecular weight is 377 g/mol. The highest BCUT2D eigenvalue weighted by Gasteiger charge is 2.25. The molecule has 0 saturated carbocycles. The van der Waals surface area contributed by atoms with Crippen LogP contribution in [0.5, 0.6) is 11.5 Å². The van der Waals surface area contributed by atoms with Gasteiger partial charge in [-0.3, -0.25) is 20.2 Å². The predicted molar refractivity (Wildman–Crippen MR) is 93.7 cm³/mol. The smallest absolute Gasteiger partial charge is 0.286 e. The molecule has 3 aromatic rings. The molecule has 0 saturated heterocycles. The topological polar surface area (TPSA) is 104 Å². The van der Waals surface area contributed by atoms with Crippen LogP contribution >= 0.6 is 11.3 Å². The standard InChI is InChI=1S/C16H12FN3O5S/c1-24-12-6-9(11(20(22)23)7-13(12)25-2)15(21)19-16-18-10-4-3-8(17)5-14(10)26-16/h3-7H,1-2H3,(H,18,19,21). The van der Waals surface area contributed by atoms with Gasteiger partial charge in [-0.15, -0.1) is 0 Å². The molecule has 0 aliphatic rings. The van der Waals surface area contributed by atoms with E-state index in [0.29, 0.717) is 10.2 Å². The van der Waals surface area contributed by atoms with Crippen LogP contribution in [-0.2, 0) is 0 Å². The van der Waals surface area contributed by atoms with Crippen LogP contribution in [0.4, 0.5) is 15.2 Å². The molecule has 1 heterocycles. The minimum Gasteiger partial charge on any atom is -0.493 e. The fraction of sp³-hybridized carbons (Fsp3) is 0.125. The number of nitrogens with zero attached hydrogens (tertiary/aromatic N) is 2. The zero-order chi connectivity index (χ0) is 18.8. The number of rotatable bonds is 5. The third-order valence-electron chi connectivity index (χ3n) is 3.51. The van der Waals surface area contributed by atoms with Crippen molar-refractivity contribution < 1.29 is 23.6 Å². The lowest BCUT2D eigenvalue weighted by Gasteiger charge is -2.10. The third kappa shape index (κ3) is 3.26. The van der Waals surface area contributed by atoms with Gasteiger partial charge in [0.05, 0.1) is 35.4 Å². The van der Waals surface area contributed by atoms with Crippen LogP contribution in [0.3, 0.4) is 0 Å². The van der Waals surface area contributed by atoms with Crippen LogP contribution in [0, 0.1) is 15.9 Å². The van der Waals surface area contributed by atoms with Gasteiger partial charge in [-0.25, -0.2) is 9.37 Å². The number of nitro benzene ring substituents is 1. The predicted octanol–water partition coefficient (Wildman–Crippen LogP) is 3.61. The van der Waals surface area contributed by atoms with Gasteiger partial charge < -0.3 is 9.47 Å². The van der Waals surface area contributed by atoms with E-state index in [-0.39, 0.29) is 22.2 Å². The highest BCUT2D eigenvalue weighted by molar-refractivity contribution is 7.22. The number of hydrogen-bond acceptors (Lipinski definition) is 7. The molecule has 1 N–H and O–H groups in total. The number of aromatic nitrogens is 1. The van der Waals surface area contributed by atoms with Gasteiger partial charge in [-0.2, -0.15) is 0 Å². The number of fused-ring (bicyclic) bond motifs is 1. The molecule has 1 amide bonds. The first kappa shape index (κ1) is 17.5. The number of methoxy groups -OCH3 is 2. The maximum Gasteiger partial charge on any atom is 0.286 e. The quantitative estimate of drug-likeness (QED) is 0.538. The van der Waals surface area contributed by atoms with Crippen molar-refractivity contribution >= 4 is 38.3 Å². The Labute approximate surface area is 150 Å². The van der Waals surface area contributed by atoms with Crippen LogP contribution in [0.15, 0.2) is 30.3 Å². The van der Waals surface area contributed by atoms with Gasteiger partial charge in [0, 0.05) is 6.07 Å². The average Bonchev–Trinajstić information content (AvgIpc) is 3.01. The molecule has 0 spiro atoms. The molecule has 3 rings (SSSR count). The summed E-state index contributed by atoms with van der Waals surface area (Å²) in [6.45, 7) is 0. The van der Waals surface area contributed by atoms with E-state index in [9.17, 15) is 19.3 Å². The Balaban J connectivity index is 1.98. The van der Waals surface area contributed by atoms with Crippen LogP contribution in [0.1, 0.15) is 10.4 Å².